The Balaban J connectivity index is 2.06. The summed E-state index contributed by atoms with van der Waals surface area (Å²) in [6, 6.07) is 7.46. The van der Waals surface area contributed by atoms with Crippen molar-refractivity contribution in [1.29, 1.82) is 0 Å². The number of halogens is 3. The number of nitrogens with zero attached hydrogens (tertiary/aromatic N) is 1. The Kier molecular flexibility index (Phi) is 6.05. The minimum Gasteiger partial charge on any atom is -0.325 e. The summed E-state index contributed by atoms with van der Waals surface area (Å²) < 4.78 is 44.0. The second-order valence-electron chi connectivity index (χ2n) is 7.33. The van der Waals surface area contributed by atoms with Crippen LogP contribution in [-0.2, 0) is 20.4 Å². The monoisotopic (exact) mass is 517 g/mol. The number of hydrogen-bond acceptors (Lipinski definition) is 4. The quantitative estimate of drug-likeness (QED) is 0.573. The van der Waals surface area contributed by atoms with Gasteiger partial charge in [-0.15, -0.1) is 11.3 Å². The molecule has 1 aliphatic heterocycles. The Morgan fingerprint density at radius 3 is 2.59 bits per heavy atom. The molecular formula is C15H17B3BrClFN3O3S2. The average Bonchev–Trinajstić information content (AvgIpc) is 3.08. The number of benzene rings is 1. The van der Waals surface area contributed by atoms with Gasteiger partial charge in [-0.2, -0.15) is 17.4 Å². The van der Waals surface area contributed by atoms with E-state index in [4.69, 9.17) is 11.6 Å². The molecule has 0 aliphatic carbocycles. The minimum absolute atomic E-state index is 0.138. The number of hydrogen-bond donors (Lipinski definition) is 2. The van der Waals surface area contributed by atoms with Gasteiger partial charge in [0, 0.05) is 23.1 Å². The zero-order valence-corrected chi connectivity index (χ0v) is 20.1. The van der Waals surface area contributed by atoms with E-state index in [0.29, 0.717) is 0 Å². The lowest BCUT2D eigenvalue weighted by atomic mass is 9.47. The van der Waals surface area contributed by atoms with Crippen LogP contribution < -0.4 is 10.0 Å². The van der Waals surface area contributed by atoms with E-state index in [2.05, 4.69) is 26.0 Å². The highest BCUT2D eigenvalue weighted by Crippen LogP contribution is 2.46. The van der Waals surface area contributed by atoms with Gasteiger partial charge < -0.3 is 5.32 Å². The summed E-state index contributed by atoms with van der Waals surface area (Å²) in [6.07, 6.45) is 0. The Bertz CT molecular complexity index is 1090. The van der Waals surface area contributed by atoms with Crippen molar-refractivity contribution >= 4 is 84.2 Å². The summed E-state index contributed by atoms with van der Waals surface area (Å²) in [7, 11) is 2.56. The van der Waals surface area contributed by atoms with Crippen LogP contribution in [0.15, 0.2) is 34.1 Å². The lowest BCUT2D eigenvalue weighted by Gasteiger charge is -2.54. The van der Waals surface area contributed by atoms with Crippen LogP contribution in [0.4, 0.5) is 10.1 Å². The maximum absolute atomic E-state index is 13.4. The highest BCUT2D eigenvalue weighted by molar-refractivity contribution is 9.11. The van der Waals surface area contributed by atoms with Crippen molar-refractivity contribution in [3.05, 3.63) is 49.8 Å². The van der Waals surface area contributed by atoms with E-state index in [1.54, 1.807) is 15.7 Å². The van der Waals surface area contributed by atoms with E-state index in [1.165, 1.54) is 30.5 Å². The van der Waals surface area contributed by atoms with E-state index in [1.807, 2.05) is 20.0 Å². The number of anilines is 1. The van der Waals surface area contributed by atoms with Crippen molar-refractivity contribution < 1.29 is 17.6 Å². The Morgan fingerprint density at radius 1 is 1.38 bits per heavy atom. The molecule has 1 aliphatic rings. The summed E-state index contributed by atoms with van der Waals surface area (Å²) in [5.74, 6) is -1.62. The van der Waals surface area contributed by atoms with Crippen LogP contribution in [0, 0.1) is 5.82 Å². The average molecular weight is 518 g/mol. The van der Waals surface area contributed by atoms with Gasteiger partial charge in [-0.3, -0.25) is 4.79 Å². The van der Waals surface area contributed by atoms with Gasteiger partial charge in [-0.1, -0.05) is 11.6 Å². The molecule has 1 aromatic carbocycles. The van der Waals surface area contributed by atoms with Crippen molar-refractivity contribution in [3.8, 4) is 0 Å². The lowest BCUT2D eigenvalue weighted by Crippen LogP contribution is -2.74. The maximum atomic E-state index is 13.4. The number of amides is 1. The molecule has 2 aromatic rings. The molecule has 14 heteroatoms. The minimum atomic E-state index is -3.97. The van der Waals surface area contributed by atoms with E-state index in [-0.39, 0.29) is 10.7 Å². The highest BCUT2D eigenvalue weighted by atomic mass is 79.9. The van der Waals surface area contributed by atoms with Gasteiger partial charge in [0.15, 0.2) is 0 Å². The van der Waals surface area contributed by atoms with E-state index >= 15 is 0 Å². The Hall–Kier alpha value is -0.845. The van der Waals surface area contributed by atoms with E-state index in [0.717, 1.165) is 19.0 Å². The normalized spacial score (nSPS) is 29.4. The Labute approximate surface area is 189 Å². The third-order valence-electron chi connectivity index (χ3n) is 5.79. The largest absolute Gasteiger partial charge is 0.325 e. The number of carbonyl (C=O) groups is 1. The molecule has 29 heavy (non-hydrogen) atoms. The van der Waals surface area contributed by atoms with Crippen molar-refractivity contribution in [2.24, 2.45) is 0 Å². The van der Waals surface area contributed by atoms with Crippen LogP contribution >= 0.6 is 38.9 Å². The third kappa shape index (κ3) is 3.81. The molecule has 2 heterocycles. The fraction of sp³-hybridized carbons (Fsp3) is 0.267. The zero-order chi connectivity index (χ0) is 21.8. The van der Waals surface area contributed by atoms with Crippen molar-refractivity contribution in [2.75, 3.05) is 12.4 Å². The topological polar surface area (TPSA) is 78.5 Å². The summed E-state index contributed by atoms with van der Waals surface area (Å²) in [4.78, 5) is 14.1. The molecule has 1 amide bonds. The summed E-state index contributed by atoms with van der Waals surface area (Å²) in [6.45, 7) is 0. The zero-order valence-electron chi connectivity index (χ0n) is 16.1. The first-order chi connectivity index (χ1) is 13.3. The summed E-state index contributed by atoms with van der Waals surface area (Å²) >= 11 is 10.6. The van der Waals surface area contributed by atoms with Crippen molar-refractivity contribution in [1.82, 2.24) is 9.03 Å². The number of carbonyl (C=O) groups excluding carboxylic acids is 1. The molecule has 152 valence electrons. The molecule has 0 radical (unpaired) electrons. The van der Waals surface area contributed by atoms with Gasteiger partial charge in [0.2, 0.25) is 5.91 Å². The van der Waals surface area contributed by atoms with Crippen LogP contribution in [0.2, 0.25) is 10.8 Å². The third-order valence-corrected chi connectivity index (χ3v) is 9.72. The molecule has 0 spiro atoms. The Morgan fingerprint density at radius 2 is 2.03 bits per heavy atom. The van der Waals surface area contributed by atoms with Crippen LogP contribution in [-0.4, -0.2) is 54.7 Å². The second kappa shape index (κ2) is 7.69. The number of thiophene rings is 1. The molecule has 6 nitrogen and oxygen atoms in total. The van der Waals surface area contributed by atoms with E-state index in [9.17, 15) is 17.6 Å². The first-order valence-electron chi connectivity index (χ1n) is 8.62. The first-order valence-corrected chi connectivity index (χ1v) is 12.1. The highest BCUT2D eigenvalue weighted by Gasteiger charge is 2.59. The van der Waals surface area contributed by atoms with Crippen LogP contribution in [0.25, 0.3) is 0 Å². The number of likely N-dealkylation sites (N-methyl/N-ethyl adjacent to an activating group) is 1. The van der Waals surface area contributed by atoms with Gasteiger partial charge in [0.1, 0.15) is 29.4 Å². The molecule has 2 N–H and O–H groups in total. The fourth-order valence-corrected chi connectivity index (χ4v) is 7.06. The molecule has 1 saturated heterocycles. The first kappa shape index (κ1) is 22.8. The van der Waals surface area contributed by atoms with Crippen LogP contribution in [0.3, 0.4) is 0 Å². The van der Waals surface area contributed by atoms with Gasteiger partial charge in [0.05, 0.1) is 14.2 Å². The SMILES string of the molecule is BC1[C@](B)(C(=O)Nc2ccc(F)c(Cl)c2)N(C)S(=O)(=O)N[C@]1(B)c1ccc(Br)s1. The van der Waals surface area contributed by atoms with Gasteiger partial charge in [0.25, 0.3) is 10.2 Å². The van der Waals surface area contributed by atoms with Crippen molar-refractivity contribution in [3.63, 3.8) is 0 Å². The number of rotatable bonds is 3. The molecule has 3 atom stereocenters. The van der Waals surface area contributed by atoms with Gasteiger partial charge in [-0.25, -0.2) is 4.39 Å². The maximum Gasteiger partial charge on any atom is 0.279 e. The van der Waals surface area contributed by atoms with E-state index < -0.39 is 38.6 Å². The molecule has 0 bridgehead atoms. The lowest BCUT2D eigenvalue weighted by molar-refractivity contribution is -0.122. The van der Waals surface area contributed by atoms with Crippen LogP contribution in [0.1, 0.15) is 4.88 Å². The number of nitrogens with one attached hydrogen (secondary N) is 2. The van der Waals surface area contributed by atoms with Crippen molar-refractivity contribution in [2.45, 2.75) is 16.7 Å². The molecule has 1 fully saturated rings. The van der Waals surface area contributed by atoms with Gasteiger partial charge >= 0.3 is 0 Å². The predicted molar refractivity (Wildman–Crippen MR) is 126 cm³/mol. The van der Waals surface area contributed by atoms with Gasteiger partial charge in [-0.05, 0) is 52.1 Å². The molecule has 0 saturated carbocycles. The fourth-order valence-electron chi connectivity index (χ4n) is 3.54. The molecule has 3 rings (SSSR count). The summed E-state index contributed by atoms with van der Waals surface area (Å²) in [5, 5.41) is 2.55. The standard InChI is InChI=1S/C15H17B3BrClFN3O3S2/c1-24-15(18,13(25)22-7-2-3-9(21)8(20)6-7)12(16)14(17,23-29(24,26)27)10-4-5-11(19)28-10/h2-6,12,23H,16-18H2,1H3,(H,22,25)/t12?,14-,15-/m1/s1. The van der Waals surface area contributed by atoms with Crippen LogP contribution in [0.5, 0.6) is 0 Å². The smallest absolute Gasteiger partial charge is 0.279 e. The molecular weight excluding hydrogens is 501 g/mol. The predicted octanol–water partition coefficient (Wildman–Crippen LogP) is 0.258. The summed E-state index contributed by atoms with van der Waals surface area (Å²) in [5.41, 5.74) is -2.18. The second-order valence-corrected chi connectivity index (χ2v) is 11.9. The molecule has 1 unspecified atom stereocenters. The molecule has 1 aromatic heterocycles.